The highest BCUT2D eigenvalue weighted by Crippen LogP contribution is 2.33. The van der Waals surface area contributed by atoms with Crippen molar-refractivity contribution in [2.24, 2.45) is 11.0 Å². The van der Waals surface area contributed by atoms with Crippen LogP contribution < -0.4 is 5.01 Å². The third kappa shape index (κ3) is 2.61. The van der Waals surface area contributed by atoms with E-state index in [1.807, 2.05) is 0 Å². The first-order chi connectivity index (χ1) is 10.5. The Morgan fingerprint density at radius 1 is 1.14 bits per heavy atom. The summed E-state index contributed by atoms with van der Waals surface area (Å²) in [7, 11) is 0. The molecule has 2 aromatic rings. The second-order valence-corrected chi connectivity index (χ2v) is 4.80. The van der Waals surface area contributed by atoms with Crippen LogP contribution in [-0.2, 0) is 11.2 Å². The van der Waals surface area contributed by atoms with Crippen molar-refractivity contribution in [3.05, 3.63) is 54.5 Å². The number of para-hydroxylation sites is 1. The molecule has 1 unspecified atom stereocenters. The van der Waals surface area contributed by atoms with Gasteiger partial charge in [0.1, 0.15) is 5.76 Å². The largest absolute Gasteiger partial charge is 0.469 e. The Morgan fingerprint density at radius 2 is 1.86 bits per heavy atom. The van der Waals surface area contributed by atoms with E-state index in [2.05, 4.69) is 5.10 Å². The summed E-state index contributed by atoms with van der Waals surface area (Å²) in [5.41, 5.74) is -0.797. The van der Waals surface area contributed by atoms with Gasteiger partial charge in [0.15, 0.2) is 5.71 Å². The molecule has 22 heavy (non-hydrogen) atoms. The minimum absolute atomic E-state index is 0.173. The maximum atomic E-state index is 13.2. The van der Waals surface area contributed by atoms with E-state index >= 15 is 0 Å². The first kappa shape index (κ1) is 14.4. The van der Waals surface area contributed by atoms with Crippen molar-refractivity contribution in [2.75, 3.05) is 5.01 Å². The van der Waals surface area contributed by atoms with Crippen LogP contribution >= 0.6 is 0 Å². The summed E-state index contributed by atoms with van der Waals surface area (Å²) >= 11 is 0. The van der Waals surface area contributed by atoms with Crippen LogP contribution in [0.15, 0.2) is 58.2 Å². The third-order valence-electron chi connectivity index (χ3n) is 3.32. The standard InChI is InChI=1S/C15H11F3N2O2/c16-15(17,18)13-12(9-11-7-4-8-22-11)14(21)20(19-13)10-5-2-1-3-6-10/h1-8,12H,9H2. The van der Waals surface area contributed by atoms with Crippen molar-refractivity contribution in [3.8, 4) is 0 Å². The molecule has 0 spiro atoms. The van der Waals surface area contributed by atoms with E-state index in [-0.39, 0.29) is 6.42 Å². The first-order valence-electron chi connectivity index (χ1n) is 6.54. The average Bonchev–Trinajstić information content (AvgIpc) is 3.09. The van der Waals surface area contributed by atoms with Crippen LogP contribution in [0, 0.1) is 5.92 Å². The van der Waals surface area contributed by atoms with Gasteiger partial charge in [-0.2, -0.15) is 23.3 Å². The maximum Gasteiger partial charge on any atom is 0.432 e. The first-order valence-corrected chi connectivity index (χ1v) is 6.54. The van der Waals surface area contributed by atoms with Gasteiger partial charge < -0.3 is 4.42 Å². The number of carbonyl (C=O) groups excluding carboxylic acids is 1. The highest BCUT2D eigenvalue weighted by molar-refractivity contribution is 6.17. The molecule has 4 nitrogen and oxygen atoms in total. The number of anilines is 1. The van der Waals surface area contributed by atoms with E-state index in [9.17, 15) is 18.0 Å². The monoisotopic (exact) mass is 308 g/mol. The smallest absolute Gasteiger partial charge is 0.432 e. The number of amides is 1. The third-order valence-corrected chi connectivity index (χ3v) is 3.32. The summed E-state index contributed by atoms with van der Waals surface area (Å²) in [5.74, 6) is -1.80. The van der Waals surface area contributed by atoms with Crippen LogP contribution in [0.5, 0.6) is 0 Å². The Bertz CT molecular complexity index is 693. The average molecular weight is 308 g/mol. The summed E-state index contributed by atoms with van der Waals surface area (Å²) in [6.45, 7) is 0. The number of furan rings is 1. The van der Waals surface area contributed by atoms with Gasteiger partial charge in [-0.05, 0) is 24.3 Å². The van der Waals surface area contributed by atoms with E-state index in [1.54, 1.807) is 24.3 Å². The van der Waals surface area contributed by atoms with Gasteiger partial charge in [0.05, 0.1) is 17.9 Å². The predicted octanol–water partition coefficient (Wildman–Crippen LogP) is 3.40. The maximum absolute atomic E-state index is 13.2. The van der Waals surface area contributed by atoms with E-state index in [4.69, 9.17) is 4.42 Å². The zero-order valence-electron chi connectivity index (χ0n) is 11.2. The Labute approximate surface area is 123 Å². The van der Waals surface area contributed by atoms with Crippen LogP contribution in [0.1, 0.15) is 5.76 Å². The molecule has 1 aromatic heterocycles. The minimum Gasteiger partial charge on any atom is -0.469 e. The summed E-state index contributed by atoms with van der Waals surface area (Å²) in [4.78, 5) is 12.4. The van der Waals surface area contributed by atoms with E-state index in [1.165, 1.54) is 24.5 Å². The highest BCUT2D eigenvalue weighted by atomic mass is 19.4. The fraction of sp³-hybridized carbons (Fsp3) is 0.200. The van der Waals surface area contributed by atoms with Gasteiger partial charge in [0, 0.05) is 6.42 Å². The van der Waals surface area contributed by atoms with E-state index in [0.29, 0.717) is 11.4 Å². The number of carbonyl (C=O) groups is 1. The fourth-order valence-corrected chi connectivity index (χ4v) is 2.31. The number of rotatable bonds is 3. The van der Waals surface area contributed by atoms with Crippen LogP contribution in [0.4, 0.5) is 18.9 Å². The normalized spacial score (nSPS) is 18.7. The molecule has 7 heteroatoms. The molecule has 1 atom stereocenters. The molecule has 1 amide bonds. The van der Waals surface area contributed by atoms with Gasteiger partial charge in [0.2, 0.25) is 0 Å². The number of alkyl halides is 3. The lowest BCUT2D eigenvalue weighted by Crippen LogP contribution is -2.34. The lowest BCUT2D eigenvalue weighted by Gasteiger charge is -2.14. The van der Waals surface area contributed by atoms with E-state index in [0.717, 1.165) is 5.01 Å². The lowest BCUT2D eigenvalue weighted by atomic mass is 9.97. The van der Waals surface area contributed by atoms with Gasteiger partial charge in [-0.3, -0.25) is 4.79 Å². The van der Waals surface area contributed by atoms with Gasteiger partial charge in [-0.25, -0.2) is 0 Å². The predicted molar refractivity (Wildman–Crippen MR) is 73.3 cm³/mol. The minimum atomic E-state index is -4.67. The van der Waals surface area contributed by atoms with E-state index < -0.39 is 23.7 Å². The fourth-order valence-electron chi connectivity index (χ4n) is 2.31. The number of hydrogen-bond donors (Lipinski definition) is 0. The second-order valence-electron chi connectivity index (χ2n) is 4.80. The summed E-state index contributed by atoms with van der Waals surface area (Å²) < 4.78 is 44.5. The molecule has 0 aliphatic carbocycles. The van der Waals surface area contributed by atoms with Gasteiger partial charge >= 0.3 is 6.18 Å². The Morgan fingerprint density at radius 3 is 2.45 bits per heavy atom. The van der Waals surface area contributed by atoms with Crippen molar-refractivity contribution < 1.29 is 22.4 Å². The molecule has 1 aliphatic rings. The quantitative estimate of drug-likeness (QED) is 0.872. The topological polar surface area (TPSA) is 45.8 Å². The van der Waals surface area contributed by atoms with Gasteiger partial charge in [-0.1, -0.05) is 18.2 Å². The summed E-state index contributed by atoms with van der Waals surface area (Å²) in [6, 6.07) is 11.1. The van der Waals surface area contributed by atoms with Crippen LogP contribution in [0.2, 0.25) is 0 Å². The number of nitrogens with zero attached hydrogens (tertiary/aromatic N) is 2. The molecule has 1 aliphatic heterocycles. The Kier molecular flexibility index (Phi) is 3.48. The molecular weight excluding hydrogens is 297 g/mol. The van der Waals surface area contributed by atoms with Crippen molar-refractivity contribution in [2.45, 2.75) is 12.6 Å². The van der Waals surface area contributed by atoms with Crippen molar-refractivity contribution >= 4 is 17.3 Å². The summed E-state index contributed by atoms with van der Waals surface area (Å²) in [6.07, 6.45) is -3.49. The molecule has 0 saturated carbocycles. The molecule has 0 radical (unpaired) electrons. The van der Waals surface area contributed by atoms with Crippen LogP contribution in [-0.4, -0.2) is 17.8 Å². The summed E-state index contributed by atoms with van der Waals surface area (Å²) in [5, 5.41) is 4.31. The molecule has 114 valence electrons. The molecule has 0 bridgehead atoms. The molecule has 0 N–H and O–H groups in total. The molecule has 3 rings (SSSR count). The Balaban J connectivity index is 1.96. The zero-order chi connectivity index (χ0) is 15.7. The SMILES string of the molecule is O=C1C(Cc2ccco2)C(C(F)(F)F)=NN1c1ccccc1. The van der Waals surface area contributed by atoms with Gasteiger partial charge in [-0.15, -0.1) is 0 Å². The van der Waals surface area contributed by atoms with Crippen LogP contribution in [0.3, 0.4) is 0 Å². The number of benzene rings is 1. The lowest BCUT2D eigenvalue weighted by molar-refractivity contribution is -0.120. The molecule has 2 heterocycles. The van der Waals surface area contributed by atoms with Crippen LogP contribution in [0.25, 0.3) is 0 Å². The number of hydrazone groups is 1. The zero-order valence-corrected chi connectivity index (χ0v) is 11.2. The molecule has 0 fully saturated rings. The second kappa shape index (κ2) is 5.32. The van der Waals surface area contributed by atoms with Crippen molar-refractivity contribution in [1.82, 2.24) is 0 Å². The number of hydrogen-bond acceptors (Lipinski definition) is 3. The number of halogens is 3. The van der Waals surface area contributed by atoms with Gasteiger partial charge in [0.25, 0.3) is 5.91 Å². The molecular formula is C15H11F3N2O2. The Hall–Kier alpha value is -2.57. The highest BCUT2D eigenvalue weighted by Gasteiger charge is 2.50. The molecule has 1 aromatic carbocycles. The van der Waals surface area contributed by atoms with Crippen molar-refractivity contribution in [1.29, 1.82) is 0 Å². The van der Waals surface area contributed by atoms with Crippen molar-refractivity contribution in [3.63, 3.8) is 0 Å². The molecule has 0 saturated heterocycles.